The number of benzene rings is 3. The summed E-state index contributed by atoms with van der Waals surface area (Å²) < 4.78 is 11.0. The fraction of sp³-hybridized carbons (Fsp3) is 0.263. The summed E-state index contributed by atoms with van der Waals surface area (Å²) in [5.74, 6) is 0.918. The molecule has 0 aliphatic heterocycles. The summed E-state index contributed by atoms with van der Waals surface area (Å²) in [6.45, 7) is 2.73. The number of rotatable bonds is 5. The van der Waals surface area contributed by atoms with Gasteiger partial charge < -0.3 is 9.47 Å². The van der Waals surface area contributed by atoms with Crippen molar-refractivity contribution >= 4 is 21.5 Å². The molecule has 0 fully saturated rings. The average Bonchev–Trinajstić information content (AvgIpc) is 2.52. The van der Waals surface area contributed by atoms with Crippen LogP contribution in [-0.4, -0.2) is 19.8 Å². The summed E-state index contributed by atoms with van der Waals surface area (Å²) in [5.41, 5.74) is 0. The standard InChI is InChI=1S/C19H20O2/c1-14(20-2)9-10-21-19-8-7-17-11-15-5-3-4-6-16(15)12-18(17)13-19/h3-8,11-14H,9-10H2,1-2H3. The third kappa shape index (κ3) is 3.17. The molecule has 1 atom stereocenters. The van der Waals surface area contributed by atoms with Gasteiger partial charge in [0.15, 0.2) is 0 Å². The van der Waals surface area contributed by atoms with Gasteiger partial charge in [0.25, 0.3) is 0 Å². The molecule has 3 aromatic rings. The normalized spacial score (nSPS) is 12.7. The van der Waals surface area contributed by atoms with Crippen LogP contribution in [0.2, 0.25) is 0 Å². The third-order valence-corrected chi connectivity index (χ3v) is 3.87. The summed E-state index contributed by atoms with van der Waals surface area (Å²) in [7, 11) is 1.73. The van der Waals surface area contributed by atoms with Gasteiger partial charge in [0.2, 0.25) is 0 Å². The zero-order valence-corrected chi connectivity index (χ0v) is 12.5. The van der Waals surface area contributed by atoms with E-state index in [4.69, 9.17) is 9.47 Å². The van der Waals surface area contributed by atoms with Crippen LogP contribution in [-0.2, 0) is 4.74 Å². The highest BCUT2D eigenvalue weighted by molar-refractivity contribution is 5.98. The lowest BCUT2D eigenvalue weighted by atomic mass is 10.0. The van der Waals surface area contributed by atoms with E-state index in [1.807, 2.05) is 6.07 Å². The number of ether oxygens (including phenoxy) is 2. The first-order chi connectivity index (χ1) is 10.3. The minimum atomic E-state index is 0.231. The van der Waals surface area contributed by atoms with E-state index >= 15 is 0 Å². The second kappa shape index (κ2) is 6.15. The van der Waals surface area contributed by atoms with Crippen LogP contribution in [0.3, 0.4) is 0 Å². The summed E-state index contributed by atoms with van der Waals surface area (Å²) in [6, 6.07) is 19.1. The zero-order valence-electron chi connectivity index (χ0n) is 12.5. The SMILES string of the molecule is COC(C)CCOc1ccc2cc3ccccc3cc2c1. The molecule has 3 rings (SSSR count). The van der Waals surface area contributed by atoms with Crippen molar-refractivity contribution in [1.82, 2.24) is 0 Å². The lowest BCUT2D eigenvalue weighted by Gasteiger charge is -2.11. The van der Waals surface area contributed by atoms with Gasteiger partial charge in [-0.15, -0.1) is 0 Å². The Morgan fingerprint density at radius 2 is 1.52 bits per heavy atom. The van der Waals surface area contributed by atoms with Crippen LogP contribution in [0.5, 0.6) is 5.75 Å². The lowest BCUT2D eigenvalue weighted by Crippen LogP contribution is -2.10. The van der Waals surface area contributed by atoms with Gasteiger partial charge in [-0.25, -0.2) is 0 Å². The van der Waals surface area contributed by atoms with Crippen molar-refractivity contribution in [3.05, 3.63) is 54.6 Å². The molecule has 3 aromatic carbocycles. The molecule has 0 amide bonds. The maximum absolute atomic E-state index is 5.82. The molecule has 2 nitrogen and oxygen atoms in total. The van der Waals surface area contributed by atoms with Gasteiger partial charge in [-0.1, -0.05) is 30.3 Å². The third-order valence-electron chi connectivity index (χ3n) is 3.87. The van der Waals surface area contributed by atoms with Crippen LogP contribution in [0.15, 0.2) is 54.6 Å². The number of hydrogen-bond donors (Lipinski definition) is 0. The van der Waals surface area contributed by atoms with Crippen LogP contribution in [0, 0.1) is 0 Å². The fourth-order valence-electron chi connectivity index (χ4n) is 2.47. The van der Waals surface area contributed by atoms with Crippen LogP contribution < -0.4 is 4.74 Å². The van der Waals surface area contributed by atoms with E-state index in [2.05, 4.69) is 55.5 Å². The van der Waals surface area contributed by atoms with Crippen LogP contribution in [0.4, 0.5) is 0 Å². The maximum Gasteiger partial charge on any atom is 0.119 e. The van der Waals surface area contributed by atoms with Crippen LogP contribution in [0.25, 0.3) is 21.5 Å². The average molecular weight is 280 g/mol. The summed E-state index contributed by atoms with van der Waals surface area (Å²) in [5, 5.41) is 4.99. The van der Waals surface area contributed by atoms with Crippen molar-refractivity contribution in [3.63, 3.8) is 0 Å². The van der Waals surface area contributed by atoms with Crippen molar-refractivity contribution in [1.29, 1.82) is 0 Å². The Morgan fingerprint density at radius 1 is 0.857 bits per heavy atom. The van der Waals surface area contributed by atoms with Crippen molar-refractivity contribution in [3.8, 4) is 5.75 Å². The minimum Gasteiger partial charge on any atom is -0.493 e. The molecule has 0 bridgehead atoms. The second-order valence-corrected chi connectivity index (χ2v) is 5.39. The molecule has 0 aliphatic carbocycles. The molecule has 0 radical (unpaired) electrons. The molecule has 0 heterocycles. The molecule has 21 heavy (non-hydrogen) atoms. The van der Waals surface area contributed by atoms with Gasteiger partial charge in [-0.3, -0.25) is 0 Å². The zero-order chi connectivity index (χ0) is 14.7. The Balaban J connectivity index is 1.83. The monoisotopic (exact) mass is 280 g/mol. The first-order valence-corrected chi connectivity index (χ1v) is 7.34. The van der Waals surface area contributed by atoms with Crippen molar-refractivity contribution in [2.75, 3.05) is 13.7 Å². The van der Waals surface area contributed by atoms with Crippen molar-refractivity contribution in [2.45, 2.75) is 19.4 Å². The number of methoxy groups -OCH3 is 1. The quantitative estimate of drug-likeness (QED) is 0.625. The lowest BCUT2D eigenvalue weighted by molar-refractivity contribution is 0.0956. The smallest absolute Gasteiger partial charge is 0.119 e. The Kier molecular flexibility index (Phi) is 4.07. The van der Waals surface area contributed by atoms with E-state index in [1.165, 1.54) is 21.5 Å². The Bertz CT molecular complexity index is 749. The van der Waals surface area contributed by atoms with Gasteiger partial charge in [-0.2, -0.15) is 0 Å². The molecular weight excluding hydrogens is 260 g/mol. The first kappa shape index (κ1) is 13.9. The highest BCUT2D eigenvalue weighted by atomic mass is 16.5. The Labute approximate surface area is 125 Å². The van der Waals surface area contributed by atoms with E-state index in [1.54, 1.807) is 7.11 Å². The molecule has 0 N–H and O–H groups in total. The highest BCUT2D eigenvalue weighted by Crippen LogP contribution is 2.26. The second-order valence-electron chi connectivity index (χ2n) is 5.39. The van der Waals surface area contributed by atoms with Crippen molar-refractivity contribution in [2.24, 2.45) is 0 Å². The molecule has 0 aliphatic rings. The summed E-state index contributed by atoms with van der Waals surface area (Å²) in [6.07, 6.45) is 1.13. The Morgan fingerprint density at radius 3 is 2.24 bits per heavy atom. The van der Waals surface area contributed by atoms with Gasteiger partial charge in [0, 0.05) is 13.5 Å². The largest absolute Gasteiger partial charge is 0.493 e. The molecule has 0 spiro atoms. The van der Waals surface area contributed by atoms with Crippen molar-refractivity contribution < 1.29 is 9.47 Å². The number of fused-ring (bicyclic) bond motifs is 2. The molecule has 0 aromatic heterocycles. The van der Waals surface area contributed by atoms with E-state index < -0.39 is 0 Å². The van der Waals surface area contributed by atoms with E-state index in [-0.39, 0.29) is 6.10 Å². The molecule has 108 valence electrons. The van der Waals surface area contributed by atoms with Gasteiger partial charge in [0.05, 0.1) is 12.7 Å². The molecule has 0 saturated heterocycles. The Hall–Kier alpha value is -2.06. The minimum absolute atomic E-state index is 0.231. The van der Waals surface area contributed by atoms with E-state index in [9.17, 15) is 0 Å². The predicted molar refractivity (Wildman–Crippen MR) is 88.0 cm³/mol. The van der Waals surface area contributed by atoms with Crippen LogP contribution >= 0.6 is 0 Å². The maximum atomic E-state index is 5.82. The highest BCUT2D eigenvalue weighted by Gasteiger charge is 2.02. The first-order valence-electron chi connectivity index (χ1n) is 7.34. The topological polar surface area (TPSA) is 18.5 Å². The predicted octanol–water partition coefficient (Wildman–Crippen LogP) is 4.80. The van der Waals surface area contributed by atoms with Gasteiger partial charge in [-0.05, 0) is 52.7 Å². The molecule has 0 saturated carbocycles. The van der Waals surface area contributed by atoms with Crippen LogP contribution in [0.1, 0.15) is 13.3 Å². The summed E-state index contributed by atoms with van der Waals surface area (Å²) >= 11 is 0. The van der Waals surface area contributed by atoms with E-state index in [0.717, 1.165) is 12.2 Å². The number of hydrogen-bond acceptors (Lipinski definition) is 2. The fourth-order valence-corrected chi connectivity index (χ4v) is 2.47. The summed E-state index contributed by atoms with van der Waals surface area (Å²) in [4.78, 5) is 0. The molecular formula is C19H20O2. The van der Waals surface area contributed by atoms with Gasteiger partial charge >= 0.3 is 0 Å². The van der Waals surface area contributed by atoms with E-state index in [0.29, 0.717) is 6.61 Å². The van der Waals surface area contributed by atoms with Gasteiger partial charge in [0.1, 0.15) is 5.75 Å². The molecule has 2 heteroatoms. The molecule has 1 unspecified atom stereocenters.